The van der Waals surface area contributed by atoms with Gasteiger partial charge < -0.3 is 25.4 Å². The highest BCUT2D eigenvalue weighted by Gasteiger charge is 2.17. The highest BCUT2D eigenvalue weighted by atomic mass is 16.5. The largest absolute Gasteiger partial charge is 0.491 e. The Morgan fingerprint density at radius 1 is 1.16 bits per heavy atom. The van der Waals surface area contributed by atoms with E-state index in [-0.39, 0.29) is 18.6 Å². The van der Waals surface area contributed by atoms with Crippen LogP contribution in [0.1, 0.15) is 29.5 Å². The van der Waals surface area contributed by atoms with Crippen LogP contribution in [0.4, 0.5) is 0 Å². The first-order chi connectivity index (χ1) is 15.6. The quantitative estimate of drug-likeness (QED) is 0.392. The molecule has 1 aliphatic heterocycles. The van der Waals surface area contributed by atoms with Crippen molar-refractivity contribution >= 4 is 11.9 Å². The van der Waals surface area contributed by atoms with Gasteiger partial charge >= 0.3 is 0 Å². The van der Waals surface area contributed by atoms with Gasteiger partial charge in [0.05, 0.1) is 12.6 Å². The smallest absolute Gasteiger partial charge is 0.239 e. The summed E-state index contributed by atoms with van der Waals surface area (Å²) in [6.07, 6.45) is 3.12. The molecular formula is C25H34N4O3. The van der Waals surface area contributed by atoms with Crippen molar-refractivity contribution in [2.75, 3.05) is 33.4 Å². The van der Waals surface area contributed by atoms with E-state index >= 15 is 0 Å². The number of amides is 1. The number of ether oxygens (including phenoxy) is 2. The van der Waals surface area contributed by atoms with E-state index in [1.165, 1.54) is 5.56 Å². The van der Waals surface area contributed by atoms with Crippen molar-refractivity contribution in [3.8, 4) is 5.75 Å². The minimum absolute atomic E-state index is 0.0696. The second-order valence-electron chi connectivity index (χ2n) is 7.92. The van der Waals surface area contributed by atoms with Crippen molar-refractivity contribution in [3.05, 3.63) is 65.2 Å². The van der Waals surface area contributed by atoms with Crippen molar-refractivity contribution in [2.24, 2.45) is 4.99 Å². The molecule has 3 rings (SSSR count). The molecule has 2 aromatic carbocycles. The van der Waals surface area contributed by atoms with Crippen molar-refractivity contribution in [3.63, 3.8) is 0 Å². The summed E-state index contributed by atoms with van der Waals surface area (Å²) in [7, 11) is 1.69. The summed E-state index contributed by atoms with van der Waals surface area (Å²) in [6, 6.07) is 16.3. The van der Waals surface area contributed by atoms with Gasteiger partial charge in [-0.2, -0.15) is 0 Å². The van der Waals surface area contributed by atoms with Gasteiger partial charge in [-0.05, 0) is 43.4 Å². The van der Waals surface area contributed by atoms with Crippen LogP contribution in [-0.4, -0.2) is 51.3 Å². The van der Waals surface area contributed by atoms with Crippen molar-refractivity contribution in [1.82, 2.24) is 16.0 Å². The molecular weight excluding hydrogens is 404 g/mol. The van der Waals surface area contributed by atoms with Gasteiger partial charge in [-0.15, -0.1) is 0 Å². The lowest BCUT2D eigenvalue weighted by atomic mass is 10.1. The van der Waals surface area contributed by atoms with E-state index in [1.54, 1.807) is 7.05 Å². The minimum atomic E-state index is -0.0696. The van der Waals surface area contributed by atoms with Crippen LogP contribution in [0.5, 0.6) is 5.75 Å². The maximum Gasteiger partial charge on any atom is 0.239 e. The predicted molar refractivity (Wildman–Crippen MR) is 127 cm³/mol. The van der Waals surface area contributed by atoms with Crippen LogP contribution in [0.2, 0.25) is 0 Å². The van der Waals surface area contributed by atoms with Crippen LogP contribution in [-0.2, 0) is 22.5 Å². The molecule has 0 aliphatic carbocycles. The fourth-order valence-electron chi connectivity index (χ4n) is 3.52. The van der Waals surface area contributed by atoms with Gasteiger partial charge in [-0.1, -0.05) is 42.5 Å². The molecule has 0 spiro atoms. The third-order valence-corrected chi connectivity index (χ3v) is 5.34. The van der Waals surface area contributed by atoms with Crippen molar-refractivity contribution in [2.45, 2.75) is 38.8 Å². The molecule has 1 aliphatic rings. The SMILES string of the molecule is CN=C(NCC(=O)NCCc1ccccc1)NCc1ccc(C)cc1OCC1CCCO1. The Balaban J connectivity index is 1.42. The number of guanidine groups is 1. The van der Waals surface area contributed by atoms with E-state index in [9.17, 15) is 4.79 Å². The summed E-state index contributed by atoms with van der Waals surface area (Å²) >= 11 is 0. The monoisotopic (exact) mass is 438 g/mol. The summed E-state index contributed by atoms with van der Waals surface area (Å²) in [5.41, 5.74) is 3.38. The molecule has 32 heavy (non-hydrogen) atoms. The Bertz CT molecular complexity index is 880. The van der Waals surface area contributed by atoms with Gasteiger partial charge in [0.25, 0.3) is 0 Å². The zero-order valence-corrected chi connectivity index (χ0v) is 19.0. The van der Waals surface area contributed by atoms with E-state index in [4.69, 9.17) is 9.47 Å². The maximum atomic E-state index is 12.1. The van der Waals surface area contributed by atoms with Crippen LogP contribution in [0.25, 0.3) is 0 Å². The molecule has 0 saturated carbocycles. The predicted octanol–water partition coefficient (Wildman–Crippen LogP) is 2.58. The molecule has 7 heteroatoms. The van der Waals surface area contributed by atoms with Gasteiger partial charge in [0.1, 0.15) is 12.4 Å². The number of nitrogens with zero attached hydrogens (tertiary/aromatic N) is 1. The molecule has 1 heterocycles. The van der Waals surface area contributed by atoms with E-state index in [0.717, 1.165) is 42.7 Å². The molecule has 172 valence electrons. The van der Waals surface area contributed by atoms with E-state index in [2.05, 4.69) is 45.2 Å². The van der Waals surface area contributed by atoms with Crippen LogP contribution in [0.15, 0.2) is 53.5 Å². The number of carbonyl (C=O) groups is 1. The number of hydrogen-bond donors (Lipinski definition) is 3. The zero-order valence-electron chi connectivity index (χ0n) is 19.0. The van der Waals surface area contributed by atoms with Crippen molar-refractivity contribution < 1.29 is 14.3 Å². The molecule has 3 N–H and O–H groups in total. The van der Waals surface area contributed by atoms with Gasteiger partial charge in [-0.25, -0.2) is 0 Å². The minimum Gasteiger partial charge on any atom is -0.491 e. The van der Waals surface area contributed by atoms with Gasteiger partial charge in [0.15, 0.2) is 5.96 Å². The number of aryl methyl sites for hydroxylation is 1. The molecule has 1 atom stereocenters. The normalized spacial score (nSPS) is 15.9. The summed E-state index contributed by atoms with van der Waals surface area (Å²) in [6.45, 7) is 4.73. The third-order valence-electron chi connectivity index (χ3n) is 5.34. The van der Waals surface area contributed by atoms with E-state index in [1.807, 2.05) is 31.2 Å². The summed E-state index contributed by atoms with van der Waals surface area (Å²) < 4.78 is 11.7. The first-order valence-corrected chi connectivity index (χ1v) is 11.2. The fourth-order valence-corrected chi connectivity index (χ4v) is 3.52. The number of aliphatic imine (C=N–C) groups is 1. The molecule has 0 aromatic heterocycles. The summed E-state index contributed by atoms with van der Waals surface area (Å²) in [4.78, 5) is 16.4. The number of nitrogens with one attached hydrogen (secondary N) is 3. The average Bonchev–Trinajstić information content (AvgIpc) is 3.33. The van der Waals surface area contributed by atoms with Crippen molar-refractivity contribution in [1.29, 1.82) is 0 Å². The van der Waals surface area contributed by atoms with Gasteiger partial charge in [-0.3, -0.25) is 9.79 Å². The highest BCUT2D eigenvalue weighted by molar-refractivity contribution is 5.86. The topological polar surface area (TPSA) is 84.0 Å². The number of hydrogen-bond acceptors (Lipinski definition) is 4. The molecule has 2 aromatic rings. The van der Waals surface area contributed by atoms with Crippen LogP contribution in [0, 0.1) is 6.92 Å². The number of rotatable bonds is 10. The molecule has 1 fully saturated rings. The Labute approximate surface area is 190 Å². The zero-order chi connectivity index (χ0) is 22.6. The summed E-state index contributed by atoms with van der Waals surface area (Å²) in [5, 5.41) is 9.25. The number of benzene rings is 2. The molecule has 1 amide bonds. The Morgan fingerprint density at radius 3 is 2.75 bits per heavy atom. The average molecular weight is 439 g/mol. The lowest BCUT2D eigenvalue weighted by molar-refractivity contribution is -0.119. The first kappa shape index (κ1) is 23.6. The summed E-state index contributed by atoms with van der Waals surface area (Å²) in [5.74, 6) is 1.34. The van der Waals surface area contributed by atoms with Gasteiger partial charge in [0, 0.05) is 32.3 Å². The van der Waals surface area contributed by atoms with Gasteiger partial charge in [0.2, 0.25) is 5.91 Å². The van der Waals surface area contributed by atoms with E-state index < -0.39 is 0 Å². The van der Waals surface area contributed by atoms with Crippen LogP contribution >= 0.6 is 0 Å². The number of carbonyl (C=O) groups excluding carboxylic acids is 1. The van der Waals surface area contributed by atoms with E-state index in [0.29, 0.717) is 25.7 Å². The second kappa shape index (κ2) is 12.7. The maximum absolute atomic E-state index is 12.1. The first-order valence-electron chi connectivity index (χ1n) is 11.2. The Kier molecular flexibility index (Phi) is 9.37. The molecule has 0 bridgehead atoms. The molecule has 1 unspecified atom stereocenters. The standard InChI is InChI=1S/C25H34N4O3/c1-19-10-11-21(23(15-19)32-18-22-9-6-14-31-22)16-28-25(26-2)29-17-24(30)27-13-12-20-7-4-3-5-8-20/h3-5,7-8,10-11,15,22H,6,9,12-14,16-18H2,1-2H3,(H,27,30)(H2,26,28,29). The molecule has 7 nitrogen and oxygen atoms in total. The highest BCUT2D eigenvalue weighted by Crippen LogP contribution is 2.22. The van der Waals surface area contributed by atoms with Crippen LogP contribution < -0.4 is 20.7 Å². The fraction of sp³-hybridized carbons (Fsp3) is 0.440. The Morgan fingerprint density at radius 2 is 2.00 bits per heavy atom. The second-order valence-corrected chi connectivity index (χ2v) is 7.92. The molecule has 1 saturated heterocycles. The lowest BCUT2D eigenvalue weighted by Crippen LogP contribution is -2.43. The molecule has 0 radical (unpaired) electrons. The third kappa shape index (κ3) is 7.89. The Hall–Kier alpha value is -3.06. The lowest BCUT2D eigenvalue weighted by Gasteiger charge is -2.17. The van der Waals surface area contributed by atoms with Crippen LogP contribution in [0.3, 0.4) is 0 Å².